The third kappa shape index (κ3) is 2.65. The molecule has 2 aromatic rings. The van der Waals surface area contributed by atoms with Gasteiger partial charge in [0.2, 0.25) is 0 Å². The lowest BCUT2D eigenvalue weighted by Crippen LogP contribution is -1.91. The molecule has 2 N–H and O–H groups in total. The molecule has 0 spiro atoms. The Labute approximate surface area is 131 Å². The smallest absolute Gasteiger partial charge is 0.178 e. The van der Waals surface area contributed by atoms with E-state index in [2.05, 4.69) is 40.2 Å². The maximum absolute atomic E-state index is 9.76. The van der Waals surface area contributed by atoms with Gasteiger partial charge in [-0.1, -0.05) is 35.9 Å². The summed E-state index contributed by atoms with van der Waals surface area (Å²) in [5, 5.41) is 19.6. The van der Waals surface area contributed by atoms with Crippen LogP contribution in [0.4, 0.5) is 0 Å². The van der Waals surface area contributed by atoms with Gasteiger partial charge in [0.15, 0.2) is 11.5 Å². The van der Waals surface area contributed by atoms with Crippen LogP contribution < -0.4 is 0 Å². The Balaban J connectivity index is 1.87. The van der Waals surface area contributed by atoms with E-state index >= 15 is 0 Å². The highest BCUT2D eigenvalue weighted by molar-refractivity contribution is 9.10. The zero-order chi connectivity index (χ0) is 14.3. The fourth-order valence-electron chi connectivity index (χ4n) is 2.33. The lowest BCUT2D eigenvalue weighted by atomic mass is 10.0. The monoisotopic (exact) mass is 352 g/mol. The Morgan fingerprint density at radius 2 is 1.75 bits per heavy atom. The Morgan fingerprint density at radius 1 is 1.10 bits per heavy atom. The number of halogens is 2. The van der Waals surface area contributed by atoms with Crippen LogP contribution in [0.5, 0.6) is 11.5 Å². The molecule has 0 radical (unpaired) electrons. The zero-order valence-electron chi connectivity index (χ0n) is 10.7. The van der Waals surface area contributed by atoms with Crippen molar-refractivity contribution in [3.8, 4) is 11.5 Å². The lowest BCUT2D eigenvalue weighted by Gasteiger charge is -2.10. The largest absolute Gasteiger partial charge is 0.503 e. The van der Waals surface area contributed by atoms with Crippen molar-refractivity contribution in [2.24, 2.45) is 0 Å². The first-order chi connectivity index (χ1) is 9.56. The molecule has 2 aromatic carbocycles. The quantitative estimate of drug-likeness (QED) is 0.764. The second kappa shape index (κ2) is 5.30. The van der Waals surface area contributed by atoms with Crippen molar-refractivity contribution in [3.05, 3.63) is 56.5 Å². The lowest BCUT2D eigenvalue weighted by molar-refractivity contribution is 0.401. The Bertz CT molecular complexity index is 649. The van der Waals surface area contributed by atoms with Crippen LogP contribution in [0.3, 0.4) is 0 Å². The Morgan fingerprint density at radius 3 is 2.35 bits per heavy atom. The average Bonchev–Trinajstić information content (AvgIpc) is 3.28. The van der Waals surface area contributed by atoms with E-state index in [-0.39, 0.29) is 16.5 Å². The molecule has 1 fully saturated rings. The first kappa shape index (κ1) is 13.8. The zero-order valence-corrected chi connectivity index (χ0v) is 13.1. The van der Waals surface area contributed by atoms with Crippen molar-refractivity contribution in [2.45, 2.75) is 25.2 Å². The normalized spacial score (nSPS) is 14.5. The molecule has 1 aliphatic rings. The van der Waals surface area contributed by atoms with Crippen molar-refractivity contribution < 1.29 is 10.2 Å². The van der Waals surface area contributed by atoms with Gasteiger partial charge in [0.05, 0.1) is 9.50 Å². The van der Waals surface area contributed by atoms with E-state index in [0.29, 0.717) is 10.9 Å². The van der Waals surface area contributed by atoms with Crippen LogP contribution in [0.25, 0.3) is 0 Å². The molecule has 0 saturated heterocycles. The van der Waals surface area contributed by atoms with E-state index in [1.54, 1.807) is 6.07 Å². The summed E-state index contributed by atoms with van der Waals surface area (Å²) < 4.78 is 0.448. The molecule has 0 atom stereocenters. The summed E-state index contributed by atoms with van der Waals surface area (Å²) in [6.07, 6.45) is 3.21. The molecule has 4 heteroatoms. The maximum Gasteiger partial charge on any atom is 0.178 e. The number of hydrogen-bond acceptors (Lipinski definition) is 2. The van der Waals surface area contributed by atoms with Crippen LogP contribution in [0.2, 0.25) is 5.02 Å². The molecule has 3 rings (SSSR count). The van der Waals surface area contributed by atoms with E-state index in [1.165, 1.54) is 18.4 Å². The summed E-state index contributed by atoms with van der Waals surface area (Å²) in [6, 6.07) is 10.3. The van der Waals surface area contributed by atoms with Crippen LogP contribution in [0, 0.1) is 0 Å². The second-order valence-corrected chi connectivity index (χ2v) is 6.45. The van der Waals surface area contributed by atoms with Gasteiger partial charge in [-0.3, -0.25) is 0 Å². The molecule has 0 heterocycles. The highest BCUT2D eigenvalue weighted by atomic mass is 79.9. The molecular formula is C16H14BrClO2. The van der Waals surface area contributed by atoms with Crippen LogP contribution in [0.15, 0.2) is 34.8 Å². The summed E-state index contributed by atoms with van der Waals surface area (Å²) in [7, 11) is 0. The molecule has 0 unspecified atom stereocenters. The summed E-state index contributed by atoms with van der Waals surface area (Å²) in [6.45, 7) is 0. The van der Waals surface area contributed by atoms with Crippen molar-refractivity contribution in [1.29, 1.82) is 0 Å². The first-order valence-electron chi connectivity index (χ1n) is 6.54. The molecule has 0 amide bonds. The first-order valence-corrected chi connectivity index (χ1v) is 7.71. The number of phenolic OH excluding ortho intramolecular Hbond substituents is 2. The maximum atomic E-state index is 9.76. The minimum absolute atomic E-state index is 0.206. The molecule has 20 heavy (non-hydrogen) atoms. The third-order valence-electron chi connectivity index (χ3n) is 3.66. The third-order valence-corrected chi connectivity index (χ3v) is 4.69. The van der Waals surface area contributed by atoms with Gasteiger partial charge in [-0.2, -0.15) is 0 Å². The van der Waals surface area contributed by atoms with Gasteiger partial charge in [-0.05, 0) is 63.9 Å². The summed E-state index contributed by atoms with van der Waals surface area (Å²) in [4.78, 5) is 0. The molecule has 2 nitrogen and oxygen atoms in total. The predicted molar refractivity (Wildman–Crippen MR) is 83.7 cm³/mol. The molecule has 1 saturated carbocycles. The highest BCUT2D eigenvalue weighted by Gasteiger charge is 2.23. The van der Waals surface area contributed by atoms with Crippen molar-refractivity contribution in [3.63, 3.8) is 0 Å². The standard InChI is InChI=1S/C16H14BrClO2/c17-13-8-12(14(18)16(20)15(13)19)7-9-1-3-10(4-2-9)11-5-6-11/h1-4,8,11,19-20H,5-7H2. The molecule has 1 aliphatic carbocycles. The van der Waals surface area contributed by atoms with E-state index in [1.807, 2.05) is 0 Å². The van der Waals surface area contributed by atoms with Crippen LogP contribution in [-0.4, -0.2) is 10.2 Å². The molecule has 0 aromatic heterocycles. The van der Waals surface area contributed by atoms with Gasteiger partial charge in [0.1, 0.15) is 0 Å². The second-order valence-electron chi connectivity index (χ2n) is 5.22. The van der Waals surface area contributed by atoms with Gasteiger partial charge < -0.3 is 10.2 Å². The van der Waals surface area contributed by atoms with E-state index in [0.717, 1.165) is 17.0 Å². The van der Waals surface area contributed by atoms with Gasteiger partial charge in [-0.25, -0.2) is 0 Å². The minimum Gasteiger partial charge on any atom is -0.503 e. The summed E-state index contributed by atoms with van der Waals surface area (Å²) in [5.41, 5.74) is 3.32. The Hall–Kier alpha value is -1.19. The van der Waals surface area contributed by atoms with Gasteiger partial charge in [0.25, 0.3) is 0 Å². The molecule has 104 valence electrons. The van der Waals surface area contributed by atoms with Gasteiger partial charge in [0, 0.05) is 0 Å². The fourth-order valence-corrected chi connectivity index (χ4v) is 3.00. The van der Waals surface area contributed by atoms with Crippen LogP contribution >= 0.6 is 27.5 Å². The topological polar surface area (TPSA) is 40.5 Å². The number of benzene rings is 2. The predicted octanol–water partition coefficient (Wildman–Crippen LogP) is 4.98. The minimum atomic E-state index is -0.273. The number of phenols is 2. The molecule has 0 bridgehead atoms. The number of hydrogen-bond donors (Lipinski definition) is 2. The van der Waals surface area contributed by atoms with Crippen molar-refractivity contribution in [1.82, 2.24) is 0 Å². The van der Waals surface area contributed by atoms with Crippen LogP contribution in [-0.2, 0) is 6.42 Å². The van der Waals surface area contributed by atoms with Crippen LogP contribution in [0.1, 0.15) is 35.4 Å². The SMILES string of the molecule is Oc1c(Br)cc(Cc2ccc(C3CC3)cc2)c(Cl)c1O. The molecule has 0 aliphatic heterocycles. The van der Waals surface area contributed by atoms with E-state index < -0.39 is 0 Å². The Kier molecular flexibility index (Phi) is 3.65. The van der Waals surface area contributed by atoms with Crippen molar-refractivity contribution in [2.75, 3.05) is 0 Å². The van der Waals surface area contributed by atoms with Gasteiger partial charge >= 0.3 is 0 Å². The summed E-state index contributed by atoms with van der Waals surface area (Å²) in [5.74, 6) is 0.257. The fraction of sp³-hybridized carbons (Fsp3) is 0.250. The number of aromatic hydroxyl groups is 2. The van der Waals surface area contributed by atoms with E-state index in [4.69, 9.17) is 11.6 Å². The average molecular weight is 354 g/mol. The highest BCUT2D eigenvalue weighted by Crippen LogP contribution is 2.42. The summed E-state index contributed by atoms with van der Waals surface area (Å²) >= 11 is 9.30. The van der Waals surface area contributed by atoms with E-state index in [9.17, 15) is 10.2 Å². The number of rotatable bonds is 3. The van der Waals surface area contributed by atoms with Gasteiger partial charge in [-0.15, -0.1) is 0 Å². The van der Waals surface area contributed by atoms with Crippen molar-refractivity contribution >= 4 is 27.5 Å². The molecular weight excluding hydrogens is 340 g/mol.